The van der Waals surface area contributed by atoms with Gasteiger partial charge < -0.3 is 11.1 Å². The SMILES string of the molecule is N#Cc1c(CCCNC(=O)c2cc(C(F)(F)F)cc(C(F)(F)F)c2)nn(-c2ccc(F)cc2)c1N. The summed E-state index contributed by atoms with van der Waals surface area (Å²) in [6.07, 6.45) is -9.90. The number of hydrogen-bond donors (Lipinski definition) is 2. The van der Waals surface area contributed by atoms with E-state index in [1.807, 2.05) is 6.07 Å². The smallest absolute Gasteiger partial charge is 0.382 e. The molecule has 0 aliphatic rings. The lowest BCUT2D eigenvalue weighted by atomic mass is 10.0. The van der Waals surface area contributed by atoms with Gasteiger partial charge in [-0.3, -0.25) is 4.79 Å². The maximum atomic E-state index is 13.1. The molecule has 13 heteroatoms. The van der Waals surface area contributed by atoms with Gasteiger partial charge in [0.25, 0.3) is 5.91 Å². The Morgan fingerprint density at radius 1 is 1.03 bits per heavy atom. The first-order valence-electron chi connectivity index (χ1n) is 9.92. The van der Waals surface area contributed by atoms with Crippen LogP contribution in [0.4, 0.5) is 36.6 Å². The van der Waals surface area contributed by atoms with E-state index in [1.165, 1.54) is 28.9 Å². The van der Waals surface area contributed by atoms with Crippen molar-refractivity contribution >= 4 is 11.7 Å². The number of anilines is 1. The molecule has 35 heavy (non-hydrogen) atoms. The number of nitriles is 1. The number of amides is 1. The van der Waals surface area contributed by atoms with Crippen LogP contribution in [0.3, 0.4) is 0 Å². The molecule has 0 atom stereocenters. The summed E-state index contributed by atoms with van der Waals surface area (Å²) in [7, 11) is 0. The lowest BCUT2D eigenvalue weighted by Gasteiger charge is -2.14. The molecule has 6 nitrogen and oxygen atoms in total. The second-order valence-corrected chi connectivity index (χ2v) is 7.36. The fourth-order valence-corrected chi connectivity index (χ4v) is 3.20. The number of nitrogens with zero attached hydrogens (tertiary/aromatic N) is 3. The van der Waals surface area contributed by atoms with E-state index in [0.29, 0.717) is 17.8 Å². The Morgan fingerprint density at radius 3 is 2.11 bits per heavy atom. The normalized spacial score (nSPS) is 11.8. The van der Waals surface area contributed by atoms with Gasteiger partial charge in [-0.1, -0.05) is 0 Å². The van der Waals surface area contributed by atoms with Crippen LogP contribution in [-0.4, -0.2) is 22.2 Å². The molecule has 0 spiro atoms. The number of aromatic nitrogens is 2. The predicted octanol–water partition coefficient (Wildman–Crippen LogP) is 4.87. The average Bonchev–Trinajstić information content (AvgIpc) is 3.10. The van der Waals surface area contributed by atoms with Gasteiger partial charge >= 0.3 is 12.4 Å². The Balaban J connectivity index is 1.71. The van der Waals surface area contributed by atoms with Gasteiger partial charge in [-0.15, -0.1) is 0 Å². The van der Waals surface area contributed by atoms with Crippen molar-refractivity contribution in [1.29, 1.82) is 5.26 Å². The van der Waals surface area contributed by atoms with Crippen LogP contribution in [0.1, 0.15) is 39.2 Å². The van der Waals surface area contributed by atoms with E-state index in [2.05, 4.69) is 10.4 Å². The number of halogens is 7. The van der Waals surface area contributed by atoms with Crippen LogP contribution in [0.15, 0.2) is 42.5 Å². The van der Waals surface area contributed by atoms with Gasteiger partial charge in [0.15, 0.2) is 0 Å². The molecule has 3 N–H and O–H groups in total. The summed E-state index contributed by atoms with van der Waals surface area (Å²) in [4.78, 5) is 12.2. The van der Waals surface area contributed by atoms with Crippen molar-refractivity contribution in [3.05, 3.63) is 76.2 Å². The second kappa shape index (κ2) is 9.65. The molecule has 184 valence electrons. The zero-order valence-corrected chi connectivity index (χ0v) is 17.6. The Hall–Kier alpha value is -4.08. The van der Waals surface area contributed by atoms with Gasteiger partial charge in [-0.25, -0.2) is 9.07 Å². The van der Waals surface area contributed by atoms with Crippen LogP contribution in [-0.2, 0) is 18.8 Å². The van der Waals surface area contributed by atoms with E-state index < -0.39 is 40.8 Å². The number of aryl methyl sites for hydroxylation is 1. The second-order valence-electron chi connectivity index (χ2n) is 7.36. The minimum absolute atomic E-state index is 0.00166. The molecule has 0 saturated carbocycles. The van der Waals surface area contributed by atoms with E-state index in [-0.39, 0.29) is 42.5 Å². The Morgan fingerprint density at radius 2 is 1.60 bits per heavy atom. The summed E-state index contributed by atoms with van der Waals surface area (Å²) in [6.45, 7) is -0.134. The number of nitrogens with two attached hydrogens (primary N) is 1. The van der Waals surface area contributed by atoms with Crippen molar-refractivity contribution < 1.29 is 35.5 Å². The fourth-order valence-electron chi connectivity index (χ4n) is 3.20. The van der Waals surface area contributed by atoms with E-state index in [0.717, 1.165) is 0 Å². The lowest BCUT2D eigenvalue weighted by molar-refractivity contribution is -0.143. The number of carbonyl (C=O) groups excluding carboxylic acids is 1. The van der Waals surface area contributed by atoms with Crippen LogP contribution in [0.5, 0.6) is 0 Å². The number of nitrogens with one attached hydrogen (secondary N) is 1. The number of hydrogen-bond acceptors (Lipinski definition) is 4. The molecule has 0 bridgehead atoms. The van der Waals surface area contributed by atoms with E-state index in [1.54, 1.807) is 0 Å². The van der Waals surface area contributed by atoms with Crippen molar-refractivity contribution in [2.24, 2.45) is 0 Å². The third-order valence-corrected chi connectivity index (χ3v) is 4.90. The van der Waals surface area contributed by atoms with Crippen molar-refractivity contribution in [3.63, 3.8) is 0 Å². The molecule has 3 rings (SSSR count). The lowest BCUT2D eigenvalue weighted by Crippen LogP contribution is -2.26. The number of alkyl halides is 6. The van der Waals surface area contributed by atoms with Crippen molar-refractivity contribution in [3.8, 4) is 11.8 Å². The Labute approximate surface area is 193 Å². The van der Waals surface area contributed by atoms with E-state index in [4.69, 9.17) is 5.73 Å². The summed E-state index contributed by atoms with van der Waals surface area (Å²) in [5.74, 6) is -1.61. The zero-order valence-electron chi connectivity index (χ0n) is 17.6. The molecule has 0 aliphatic carbocycles. The first kappa shape index (κ1) is 25.5. The maximum Gasteiger partial charge on any atom is 0.416 e. The molecule has 2 aromatic carbocycles. The third-order valence-electron chi connectivity index (χ3n) is 4.90. The van der Waals surface area contributed by atoms with Crippen molar-refractivity contribution in [2.45, 2.75) is 25.2 Å². The predicted molar refractivity (Wildman–Crippen MR) is 110 cm³/mol. The fraction of sp³-hybridized carbons (Fsp3) is 0.227. The molecule has 1 heterocycles. The summed E-state index contributed by atoms with van der Waals surface area (Å²) in [6, 6.07) is 7.65. The standard InChI is InChI=1S/C22H16F7N5O/c23-15-3-5-16(6-4-15)34-19(31)17(11-30)18(33-34)2-1-7-32-20(35)12-8-13(21(24,25)26)10-14(9-12)22(27,28)29/h3-6,8-10H,1-2,7,31H2,(H,32,35). The van der Waals surface area contributed by atoms with Gasteiger partial charge in [0.2, 0.25) is 0 Å². The Bertz CT molecular complexity index is 1240. The molecule has 0 fully saturated rings. The topological polar surface area (TPSA) is 96.7 Å². The highest BCUT2D eigenvalue weighted by Gasteiger charge is 2.37. The van der Waals surface area contributed by atoms with E-state index in [9.17, 15) is 40.8 Å². The van der Waals surface area contributed by atoms with Gasteiger partial charge in [0, 0.05) is 12.1 Å². The zero-order chi connectivity index (χ0) is 26.0. The summed E-state index contributed by atoms with van der Waals surface area (Å²) in [5, 5.41) is 15.9. The van der Waals surface area contributed by atoms with Crippen LogP contribution in [0.25, 0.3) is 5.69 Å². The minimum Gasteiger partial charge on any atom is -0.382 e. The first-order valence-corrected chi connectivity index (χ1v) is 9.92. The molecule has 1 aromatic heterocycles. The average molecular weight is 499 g/mol. The monoisotopic (exact) mass is 499 g/mol. The summed E-state index contributed by atoms with van der Waals surface area (Å²) in [5.41, 5.74) is 2.64. The molecular formula is C22H16F7N5O. The number of carbonyl (C=O) groups is 1. The van der Waals surface area contributed by atoms with Gasteiger partial charge in [0.1, 0.15) is 23.3 Å². The van der Waals surface area contributed by atoms with Gasteiger partial charge in [-0.2, -0.15) is 36.7 Å². The molecule has 0 radical (unpaired) electrons. The van der Waals surface area contributed by atoms with E-state index >= 15 is 0 Å². The molecule has 0 unspecified atom stereocenters. The highest BCUT2D eigenvalue weighted by molar-refractivity contribution is 5.94. The highest BCUT2D eigenvalue weighted by atomic mass is 19.4. The number of nitrogen functional groups attached to an aromatic ring is 1. The number of benzene rings is 2. The molecule has 3 aromatic rings. The van der Waals surface area contributed by atoms with Crippen molar-refractivity contribution in [2.75, 3.05) is 12.3 Å². The molecule has 1 amide bonds. The molecular weight excluding hydrogens is 483 g/mol. The molecule has 0 saturated heterocycles. The number of rotatable bonds is 6. The maximum absolute atomic E-state index is 13.1. The van der Waals surface area contributed by atoms with Crippen molar-refractivity contribution in [1.82, 2.24) is 15.1 Å². The summed E-state index contributed by atoms with van der Waals surface area (Å²) < 4.78 is 92.3. The third kappa shape index (κ3) is 5.89. The molecule has 0 aliphatic heterocycles. The van der Waals surface area contributed by atoms with Crippen LogP contribution in [0, 0.1) is 17.1 Å². The van der Waals surface area contributed by atoms with Gasteiger partial charge in [-0.05, 0) is 55.3 Å². The largest absolute Gasteiger partial charge is 0.416 e. The van der Waals surface area contributed by atoms with Crippen LogP contribution >= 0.6 is 0 Å². The minimum atomic E-state index is -5.08. The Kier molecular flexibility index (Phi) is 7.04. The quantitative estimate of drug-likeness (QED) is 0.374. The van der Waals surface area contributed by atoms with Crippen LogP contribution in [0.2, 0.25) is 0 Å². The van der Waals surface area contributed by atoms with Crippen LogP contribution < -0.4 is 11.1 Å². The van der Waals surface area contributed by atoms with Gasteiger partial charge in [0.05, 0.1) is 22.5 Å². The summed E-state index contributed by atoms with van der Waals surface area (Å²) >= 11 is 0. The highest BCUT2D eigenvalue weighted by Crippen LogP contribution is 2.36. The first-order chi connectivity index (χ1) is 16.3.